The van der Waals surface area contributed by atoms with Crippen LogP contribution < -0.4 is 5.32 Å². The van der Waals surface area contributed by atoms with E-state index in [1.165, 1.54) is 36.0 Å². The summed E-state index contributed by atoms with van der Waals surface area (Å²) in [4.78, 5) is 41.4. The van der Waals surface area contributed by atoms with Crippen LogP contribution in [0.4, 0.5) is 11.4 Å². The lowest BCUT2D eigenvalue weighted by Gasteiger charge is -2.19. The topological polar surface area (TPSA) is 123 Å². The van der Waals surface area contributed by atoms with E-state index >= 15 is 0 Å². The first-order valence-electron chi connectivity index (χ1n) is 9.51. The third-order valence-electron chi connectivity index (χ3n) is 4.18. The average Bonchev–Trinajstić information content (AvgIpc) is 3.24. The molecule has 0 aliphatic carbocycles. The predicted molar refractivity (Wildman–Crippen MR) is 119 cm³/mol. The highest BCUT2D eigenvalue weighted by molar-refractivity contribution is 8.14. The van der Waals surface area contributed by atoms with E-state index in [9.17, 15) is 19.7 Å². The first-order chi connectivity index (χ1) is 14.7. The van der Waals surface area contributed by atoms with E-state index in [1.54, 1.807) is 35.1 Å². The van der Waals surface area contributed by atoms with Crippen LogP contribution in [0.2, 0.25) is 0 Å². The van der Waals surface area contributed by atoms with E-state index in [1.807, 2.05) is 13.8 Å². The molecule has 11 heteroatoms. The van der Waals surface area contributed by atoms with Crippen LogP contribution in [-0.4, -0.2) is 48.9 Å². The molecule has 0 unspecified atom stereocenters. The molecule has 1 aliphatic rings. The maximum absolute atomic E-state index is 12.8. The van der Waals surface area contributed by atoms with E-state index < -0.39 is 4.92 Å². The van der Waals surface area contributed by atoms with E-state index in [0.717, 1.165) is 5.56 Å². The Hall–Kier alpha value is -3.47. The third kappa shape index (κ3) is 5.79. The van der Waals surface area contributed by atoms with Crippen molar-refractivity contribution in [2.75, 3.05) is 17.6 Å². The molecule has 0 saturated carbocycles. The summed E-state index contributed by atoms with van der Waals surface area (Å²) < 4.78 is 1.64. The molecule has 2 heterocycles. The van der Waals surface area contributed by atoms with Gasteiger partial charge in [-0.05, 0) is 24.1 Å². The zero-order chi connectivity index (χ0) is 22.5. The molecule has 10 nitrogen and oxygen atoms in total. The number of nitro benzene ring substituents is 1. The van der Waals surface area contributed by atoms with Gasteiger partial charge in [0.1, 0.15) is 5.70 Å². The van der Waals surface area contributed by atoms with Crippen molar-refractivity contribution >= 4 is 46.2 Å². The number of aliphatic imine (C=N–C) groups is 1. The van der Waals surface area contributed by atoms with Crippen LogP contribution >= 0.6 is 11.8 Å². The van der Waals surface area contributed by atoms with Crippen LogP contribution in [0.5, 0.6) is 0 Å². The Kier molecular flexibility index (Phi) is 6.85. The number of non-ortho nitro benzene ring substituents is 1. The molecule has 1 aromatic carbocycles. The molecule has 0 radical (unpaired) electrons. The molecule has 3 rings (SSSR count). The molecule has 1 N–H and O–H groups in total. The number of hydrogen-bond acceptors (Lipinski definition) is 7. The Balaban J connectivity index is 1.68. The minimum Gasteiger partial charge on any atom is -0.325 e. The summed E-state index contributed by atoms with van der Waals surface area (Å²) in [6.45, 7) is 4.48. The first-order valence-corrected chi connectivity index (χ1v) is 10.5. The Labute approximate surface area is 183 Å². The van der Waals surface area contributed by atoms with Gasteiger partial charge in [0.05, 0.1) is 16.9 Å². The fourth-order valence-electron chi connectivity index (χ4n) is 2.83. The standard InChI is InChI=1S/C20H22N6O4S/c1-13(2)10-25-19(28)17(8-14-9-21-24(3)11-14)23-20(25)31-12-18(27)22-15-4-6-16(7-5-15)26(29)30/h4-9,11,13H,10,12H2,1-3H3,(H,22,27). The minimum atomic E-state index is -0.503. The number of nitrogens with zero attached hydrogens (tertiary/aromatic N) is 5. The number of nitrogens with one attached hydrogen (secondary N) is 1. The Morgan fingerprint density at radius 3 is 2.61 bits per heavy atom. The number of aromatic nitrogens is 2. The molecule has 0 fully saturated rings. The number of thioether (sulfide) groups is 1. The highest BCUT2D eigenvalue weighted by Gasteiger charge is 2.31. The molecule has 1 aliphatic heterocycles. The Morgan fingerprint density at radius 2 is 2.03 bits per heavy atom. The number of hydrogen-bond donors (Lipinski definition) is 1. The summed E-state index contributed by atoms with van der Waals surface area (Å²) >= 11 is 1.17. The van der Waals surface area contributed by atoms with Crippen molar-refractivity contribution < 1.29 is 14.5 Å². The summed E-state index contributed by atoms with van der Waals surface area (Å²) in [6.07, 6.45) is 5.10. The van der Waals surface area contributed by atoms with Gasteiger partial charge in [-0.15, -0.1) is 0 Å². The van der Waals surface area contributed by atoms with Gasteiger partial charge in [-0.3, -0.25) is 29.3 Å². The molecule has 162 valence electrons. The van der Waals surface area contributed by atoms with Crippen LogP contribution in [0, 0.1) is 16.0 Å². The van der Waals surface area contributed by atoms with Gasteiger partial charge in [-0.2, -0.15) is 5.10 Å². The molecule has 2 amide bonds. The molecule has 1 aromatic heterocycles. The van der Waals surface area contributed by atoms with Crippen LogP contribution in [0.3, 0.4) is 0 Å². The summed E-state index contributed by atoms with van der Waals surface area (Å²) in [6, 6.07) is 5.58. The lowest BCUT2D eigenvalue weighted by atomic mass is 10.2. The highest BCUT2D eigenvalue weighted by atomic mass is 32.2. The van der Waals surface area contributed by atoms with Gasteiger partial charge in [0.25, 0.3) is 11.6 Å². The zero-order valence-corrected chi connectivity index (χ0v) is 18.1. The molecule has 0 saturated heterocycles. The first kappa shape index (κ1) is 22.2. The van der Waals surface area contributed by atoms with Gasteiger partial charge in [0.15, 0.2) is 5.17 Å². The van der Waals surface area contributed by atoms with Crippen molar-refractivity contribution in [1.82, 2.24) is 14.7 Å². The van der Waals surface area contributed by atoms with Gasteiger partial charge >= 0.3 is 0 Å². The number of carbonyl (C=O) groups excluding carboxylic acids is 2. The quantitative estimate of drug-likeness (QED) is 0.400. The van der Waals surface area contributed by atoms with Crippen molar-refractivity contribution in [3.63, 3.8) is 0 Å². The van der Waals surface area contributed by atoms with Crippen molar-refractivity contribution in [1.29, 1.82) is 0 Å². The molecular weight excluding hydrogens is 420 g/mol. The normalized spacial score (nSPS) is 15.0. The summed E-state index contributed by atoms with van der Waals surface area (Å²) in [5.74, 6) is -0.252. The molecular formula is C20H22N6O4S. The Morgan fingerprint density at radius 1 is 1.32 bits per heavy atom. The van der Waals surface area contributed by atoms with E-state index in [0.29, 0.717) is 23.1 Å². The van der Waals surface area contributed by atoms with Gasteiger partial charge in [0.2, 0.25) is 5.91 Å². The number of aryl methyl sites for hydroxylation is 1. The SMILES string of the molecule is CC(C)CN1C(=O)C(=Cc2cnn(C)c2)N=C1SCC(=O)Nc1ccc([N+](=O)[O-])cc1. The maximum atomic E-state index is 12.8. The van der Waals surface area contributed by atoms with Crippen molar-refractivity contribution in [2.24, 2.45) is 18.0 Å². The Bertz CT molecular complexity index is 1060. The maximum Gasteiger partial charge on any atom is 0.278 e. The second-order valence-corrected chi connectivity index (χ2v) is 8.26. The van der Waals surface area contributed by atoms with Gasteiger partial charge in [0, 0.05) is 43.2 Å². The number of benzene rings is 1. The largest absolute Gasteiger partial charge is 0.325 e. The third-order valence-corrected chi connectivity index (χ3v) is 5.16. The molecule has 31 heavy (non-hydrogen) atoms. The highest BCUT2D eigenvalue weighted by Crippen LogP contribution is 2.25. The van der Waals surface area contributed by atoms with E-state index in [2.05, 4.69) is 15.4 Å². The van der Waals surface area contributed by atoms with Crippen molar-refractivity contribution in [2.45, 2.75) is 13.8 Å². The van der Waals surface area contributed by atoms with Gasteiger partial charge < -0.3 is 5.32 Å². The van der Waals surface area contributed by atoms with Crippen molar-refractivity contribution in [3.05, 3.63) is 58.0 Å². The van der Waals surface area contributed by atoms with Gasteiger partial charge in [-0.1, -0.05) is 25.6 Å². The van der Waals surface area contributed by atoms with Gasteiger partial charge in [-0.25, -0.2) is 4.99 Å². The smallest absolute Gasteiger partial charge is 0.278 e. The van der Waals surface area contributed by atoms with Crippen LogP contribution in [0.25, 0.3) is 6.08 Å². The second-order valence-electron chi connectivity index (χ2n) is 7.32. The monoisotopic (exact) mass is 442 g/mol. The van der Waals surface area contributed by atoms with E-state index in [4.69, 9.17) is 0 Å². The fourth-order valence-corrected chi connectivity index (χ4v) is 3.64. The van der Waals surface area contributed by atoms with Crippen molar-refractivity contribution in [3.8, 4) is 0 Å². The molecule has 2 aromatic rings. The number of nitro groups is 1. The van der Waals surface area contributed by atoms with Crippen LogP contribution in [0.15, 0.2) is 47.3 Å². The summed E-state index contributed by atoms with van der Waals surface area (Å²) in [7, 11) is 1.79. The molecule has 0 spiro atoms. The summed E-state index contributed by atoms with van der Waals surface area (Å²) in [5, 5.41) is 18.0. The van der Waals surface area contributed by atoms with Crippen LogP contribution in [-0.2, 0) is 16.6 Å². The number of amidine groups is 1. The van der Waals surface area contributed by atoms with Crippen LogP contribution in [0.1, 0.15) is 19.4 Å². The molecule has 0 atom stereocenters. The fraction of sp³-hybridized carbons (Fsp3) is 0.300. The number of amides is 2. The zero-order valence-electron chi connectivity index (χ0n) is 17.3. The summed E-state index contributed by atoms with van der Waals surface area (Å²) in [5.41, 5.74) is 1.47. The minimum absolute atomic E-state index is 0.0396. The number of rotatable bonds is 7. The lowest BCUT2D eigenvalue weighted by molar-refractivity contribution is -0.384. The second kappa shape index (κ2) is 9.56. The molecule has 0 bridgehead atoms. The van der Waals surface area contributed by atoms with E-state index in [-0.39, 0.29) is 29.2 Å². The predicted octanol–water partition coefficient (Wildman–Crippen LogP) is 2.90. The average molecular weight is 443 g/mol. The lowest BCUT2D eigenvalue weighted by Crippen LogP contribution is -2.34. The number of carbonyl (C=O) groups is 2. The number of anilines is 1.